The molecule has 17 heavy (non-hydrogen) atoms. The molecule has 6 nitrogen and oxygen atoms in total. The Balaban J connectivity index is 2.22. The number of rotatable bonds is 2. The zero-order chi connectivity index (χ0) is 12.6. The minimum absolute atomic E-state index is 0.0858. The van der Waals surface area contributed by atoms with Crippen LogP contribution in [0.5, 0.6) is 0 Å². The third-order valence-electron chi connectivity index (χ3n) is 2.87. The number of nitrogens with two attached hydrogens (primary N) is 1. The minimum atomic E-state index is -3.64. The topological polar surface area (TPSA) is 81.2 Å². The molecule has 0 spiro atoms. The van der Waals surface area contributed by atoms with E-state index in [1.54, 1.807) is 7.05 Å². The molecule has 2 heterocycles. The number of hydrogen-bond acceptors (Lipinski definition) is 4. The number of aromatic nitrogens is 2. The largest absolute Gasteiger partial charge is 0.325 e. The lowest BCUT2D eigenvalue weighted by atomic mass is 10.1. The van der Waals surface area contributed by atoms with Gasteiger partial charge >= 0.3 is 0 Å². The smallest absolute Gasteiger partial charge is 0.246 e. The molecular formula is C9H15FN4O2S. The molecule has 1 aliphatic rings. The molecule has 2 atom stereocenters. The first kappa shape index (κ1) is 12.5. The highest BCUT2D eigenvalue weighted by atomic mass is 32.2. The van der Waals surface area contributed by atoms with Gasteiger partial charge in [-0.05, 0) is 6.42 Å². The van der Waals surface area contributed by atoms with Gasteiger partial charge < -0.3 is 5.73 Å². The predicted octanol–water partition coefficient (Wildman–Crippen LogP) is -0.520. The molecule has 0 saturated carbocycles. The van der Waals surface area contributed by atoms with Gasteiger partial charge in [0.25, 0.3) is 0 Å². The van der Waals surface area contributed by atoms with Crippen molar-refractivity contribution in [3.8, 4) is 0 Å². The van der Waals surface area contributed by atoms with Crippen molar-refractivity contribution in [3.63, 3.8) is 0 Å². The number of alkyl halides is 1. The number of sulfonamides is 1. The summed E-state index contributed by atoms with van der Waals surface area (Å²) in [6.07, 6.45) is 1.68. The Morgan fingerprint density at radius 3 is 2.82 bits per heavy atom. The van der Waals surface area contributed by atoms with Crippen molar-refractivity contribution in [3.05, 3.63) is 12.4 Å². The van der Waals surface area contributed by atoms with E-state index in [1.165, 1.54) is 17.1 Å². The second-order valence-electron chi connectivity index (χ2n) is 4.18. The summed E-state index contributed by atoms with van der Waals surface area (Å²) in [6, 6.07) is -0.574. The Labute approximate surface area is 99.2 Å². The molecule has 0 aliphatic carbocycles. The second kappa shape index (κ2) is 4.35. The summed E-state index contributed by atoms with van der Waals surface area (Å²) in [5.41, 5.74) is 5.51. The van der Waals surface area contributed by atoms with Crippen molar-refractivity contribution in [2.75, 3.05) is 13.1 Å². The Morgan fingerprint density at radius 1 is 1.59 bits per heavy atom. The van der Waals surface area contributed by atoms with Gasteiger partial charge in [0.2, 0.25) is 10.0 Å². The Hall–Kier alpha value is -0.990. The first-order valence-electron chi connectivity index (χ1n) is 5.29. The zero-order valence-corrected chi connectivity index (χ0v) is 10.3. The second-order valence-corrected chi connectivity index (χ2v) is 6.12. The highest BCUT2D eigenvalue weighted by Gasteiger charge is 2.34. The highest BCUT2D eigenvalue weighted by molar-refractivity contribution is 7.89. The summed E-state index contributed by atoms with van der Waals surface area (Å²) >= 11 is 0. The van der Waals surface area contributed by atoms with Gasteiger partial charge in [0.1, 0.15) is 11.1 Å². The molecule has 0 unspecified atom stereocenters. The number of aryl methyl sites for hydroxylation is 1. The van der Waals surface area contributed by atoms with Crippen molar-refractivity contribution in [2.24, 2.45) is 12.8 Å². The van der Waals surface area contributed by atoms with Crippen LogP contribution in [-0.2, 0) is 17.1 Å². The quantitative estimate of drug-likeness (QED) is 0.777. The van der Waals surface area contributed by atoms with Gasteiger partial charge in [-0.3, -0.25) is 4.68 Å². The van der Waals surface area contributed by atoms with Crippen LogP contribution in [0.3, 0.4) is 0 Å². The summed E-state index contributed by atoms with van der Waals surface area (Å²) < 4.78 is 40.2. The van der Waals surface area contributed by atoms with Crippen LogP contribution in [0.2, 0.25) is 0 Å². The summed E-state index contributed by atoms with van der Waals surface area (Å²) in [5, 5.41) is 3.80. The fraction of sp³-hybridized carbons (Fsp3) is 0.667. The van der Waals surface area contributed by atoms with Crippen LogP contribution in [0.15, 0.2) is 17.3 Å². The molecule has 96 valence electrons. The summed E-state index contributed by atoms with van der Waals surface area (Å²) in [7, 11) is -2.02. The summed E-state index contributed by atoms with van der Waals surface area (Å²) in [6.45, 7) is 0.0667. The van der Waals surface area contributed by atoms with Crippen molar-refractivity contribution in [1.82, 2.24) is 14.1 Å². The zero-order valence-electron chi connectivity index (χ0n) is 9.45. The van der Waals surface area contributed by atoms with Crippen LogP contribution in [0.1, 0.15) is 6.42 Å². The lowest BCUT2D eigenvalue weighted by Crippen LogP contribution is -2.50. The summed E-state index contributed by atoms with van der Waals surface area (Å²) in [5.74, 6) is 0. The van der Waals surface area contributed by atoms with Gasteiger partial charge in [-0.1, -0.05) is 0 Å². The van der Waals surface area contributed by atoms with Crippen LogP contribution in [0.4, 0.5) is 4.39 Å². The molecule has 0 aromatic carbocycles. The SMILES string of the molecule is Cn1cc(S(=O)(=O)N2CC[C@@H](N)[C@H](F)C2)cn1. The molecule has 1 aliphatic heterocycles. The standard InChI is InChI=1S/C9H15FN4O2S/c1-13-5-7(4-12-13)17(15,16)14-3-2-9(11)8(10)6-14/h4-5,8-9H,2-3,6,11H2,1H3/t8-,9-/m1/s1. The van der Waals surface area contributed by atoms with Gasteiger partial charge in [-0.2, -0.15) is 9.40 Å². The van der Waals surface area contributed by atoms with Crippen molar-refractivity contribution in [2.45, 2.75) is 23.5 Å². The van der Waals surface area contributed by atoms with E-state index in [-0.39, 0.29) is 18.0 Å². The predicted molar refractivity (Wildman–Crippen MR) is 59.5 cm³/mol. The number of nitrogens with zero attached hydrogens (tertiary/aromatic N) is 3. The molecule has 1 aromatic heterocycles. The molecule has 2 N–H and O–H groups in total. The van der Waals surface area contributed by atoms with Crippen LogP contribution in [0.25, 0.3) is 0 Å². The lowest BCUT2D eigenvalue weighted by molar-refractivity contribution is 0.176. The monoisotopic (exact) mass is 262 g/mol. The van der Waals surface area contributed by atoms with Crippen molar-refractivity contribution in [1.29, 1.82) is 0 Å². The Bertz CT molecular complexity index is 501. The molecule has 2 rings (SSSR count). The Morgan fingerprint density at radius 2 is 2.29 bits per heavy atom. The van der Waals surface area contributed by atoms with E-state index in [9.17, 15) is 12.8 Å². The van der Waals surface area contributed by atoms with Gasteiger partial charge in [0, 0.05) is 32.4 Å². The van der Waals surface area contributed by atoms with E-state index in [0.29, 0.717) is 6.42 Å². The van der Waals surface area contributed by atoms with E-state index < -0.39 is 22.2 Å². The van der Waals surface area contributed by atoms with Gasteiger partial charge in [-0.15, -0.1) is 0 Å². The molecule has 0 amide bonds. The van der Waals surface area contributed by atoms with Crippen molar-refractivity contribution < 1.29 is 12.8 Å². The van der Waals surface area contributed by atoms with E-state index in [0.717, 1.165) is 4.31 Å². The van der Waals surface area contributed by atoms with E-state index >= 15 is 0 Å². The molecule has 0 radical (unpaired) electrons. The van der Waals surface area contributed by atoms with Crippen LogP contribution >= 0.6 is 0 Å². The molecule has 1 saturated heterocycles. The fourth-order valence-corrected chi connectivity index (χ4v) is 3.24. The van der Waals surface area contributed by atoms with Crippen LogP contribution in [-0.4, -0.2) is 47.8 Å². The van der Waals surface area contributed by atoms with E-state index in [4.69, 9.17) is 5.73 Å². The fourth-order valence-electron chi connectivity index (χ4n) is 1.79. The van der Waals surface area contributed by atoms with Gasteiger partial charge in [0.15, 0.2) is 0 Å². The molecule has 1 fully saturated rings. The lowest BCUT2D eigenvalue weighted by Gasteiger charge is -2.31. The van der Waals surface area contributed by atoms with Crippen LogP contribution < -0.4 is 5.73 Å². The Kier molecular flexibility index (Phi) is 3.19. The maximum absolute atomic E-state index is 13.4. The first-order chi connectivity index (χ1) is 7.91. The third kappa shape index (κ3) is 2.33. The maximum Gasteiger partial charge on any atom is 0.246 e. The van der Waals surface area contributed by atoms with Crippen molar-refractivity contribution >= 4 is 10.0 Å². The normalized spacial score (nSPS) is 27.2. The first-order valence-corrected chi connectivity index (χ1v) is 6.73. The van der Waals surface area contributed by atoms with Gasteiger partial charge in [0.05, 0.1) is 6.20 Å². The highest BCUT2D eigenvalue weighted by Crippen LogP contribution is 2.21. The third-order valence-corrected chi connectivity index (χ3v) is 4.69. The van der Waals surface area contributed by atoms with E-state index in [2.05, 4.69) is 5.10 Å². The minimum Gasteiger partial charge on any atom is -0.325 e. The molecular weight excluding hydrogens is 247 g/mol. The average molecular weight is 262 g/mol. The maximum atomic E-state index is 13.4. The summed E-state index contributed by atoms with van der Waals surface area (Å²) in [4.78, 5) is 0.0858. The average Bonchev–Trinajstić information content (AvgIpc) is 2.69. The van der Waals surface area contributed by atoms with Gasteiger partial charge in [-0.25, -0.2) is 12.8 Å². The van der Waals surface area contributed by atoms with Crippen LogP contribution in [0, 0.1) is 0 Å². The number of hydrogen-bond donors (Lipinski definition) is 1. The van der Waals surface area contributed by atoms with E-state index in [1.807, 2.05) is 0 Å². The number of halogens is 1. The molecule has 8 heteroatoms. The molecule has 1 aromatic rings. The number of piperidine rings is 1. The molecule has 0 bridgehead atoms.